The van der Waals surface area contributed by atoms with Gasteiger partial charge in [0.05, 0.1) is 25.9 Å². The Labute approximate surface area is 211 Å². The summed E-state index contributed by atoms with van der Waals surface area (Å²) in [6, 6.07) is 16.5. The molecule has 5 rings (SSSR count). The van der Waals surface area contributed by atoms with Crippen LogP contribution in [0.15, 0.2) is 54.7 Å². The Morgan fingerprint density at radius 2 is 1.64 bits per heavy atom. The van der Waals surface area contributed by atoms with E-state index in [1.165, 1.54) is 5.69 Å². The van der Waals surface area contributed by atoms with Crippen molar-refractivity contribution in [2.24, 2.45) is 7.05 Å². The minimum absolute atomic E-state index is 0.607. The van der Waals surface area contributed by atoms with E-state index in [0.717, 1.165) is 60.2 Å². The molecule has 9 heteroatoms. The van der Waals surface area contributed by atoms with E-state index < -0.39 is 0 Å². The van der Waals surface area contributed by atoms with Gasteiger partial charge >= 0.3 is 0 Å². The van der Waals surface area contributed by atoms with Crippen molar-refractivity contribution in [2.45, 2.75) is 6.54 Å². The van der Waals surface area contributed by atoms with Gasteiger partial charge in [0.15, 0.2) is 11.5 Å². The fourth-order valence-corrected chi connectivity index (χ4v) is 4.46. The van der Waals surface area contributed by atoms with Gasteiger partial charge in [-0.3, -0.25) is 0 Å². The van der Waals surface area contributed by atoms with Crippen molar-refractivity contribution < 1.29 is 9.47 Å². The minimum Gasteiger partial charge on any atom is -0.493 e. The average molecular weight is 488 g/mol. The maximum Gasteiger partial charge on any atom is 0.203 e. The molecular weight excluding hydrogens is 454 g/mol. The number of pyridine rings is 1. The van der Waals surface area contributed by atoms with Crippen LogP contribution < -0.4 is 25.0 Å². The molecule has 2 N–H and O–H groups in total. The van der Waals surface area contributed by atoms with Crippen LogP contribution in [0.2, 0.25) is 0 Å². The molecule has 2 aromatic carbocycles. The highest BCUT2D eigenvalue weighted by molar-refractivity contribution is 5.81. The Morgan fingerprint density at radius 1 is 0.889 bits per heavy atom. The largest absolute Gasteiger partial charge is 0.493 e. The number of aryl methyl sites for hydroxylation is 1. The highest BCUT2D eigenvalue weighted by Gasteiger charge is 2.14. The van der Waals surface area contributed by atoms with Crippen molar-refractivity contribution in [3.63, 3.8) is 0 Å². The van der Waals surface area contributed by atoms with E-state index in [9.17, 15) is 0 Å². The molecule has 0 aliphatic carbocycles. The number of nitrogens with one attached hydrogen (secondary N) is 2. The lowest BCUT2D eigenvalue weighted by Crippen LogP contribution is -2.44. The van der Waals surface area contributed by atoms with Crippen LogP contribution in [0.3, 0.4) is 0 Å². The lowest BCUT2D eigenvalue weighted by Gasteiger charge is -2.34. The van der Waals surface area contributed by atoms with Crippen molar-refractivity contribution in [3.8, 4) is 11.5 Å². The molecule has 0 saturated carbocycles. The van der Waals surface area contributed by atoms with Crippen LogP contribution in [0, 0.1) is 0 Å². The number of benzene rings is 2. The number of aromatic nitrogens is 3. The standard InChI is InChI=1S/C27H33N7O2/c1-32-11-13-34(14-12-32)21-8-6-20(7-9-21)30-26-16-23-22(18-28-26)31-27(33(23)2)29-17-19-5-10-24(35-3)25(15-19)36-4/h5-10,15-16,18H,11-14,17H2,1-4H3,(H,28,30)(H,29,31). The third kappa shape index (κ3) is 5.01. The number of hydrogen-bond acceptors (Lipinski definition) is 8. The van der Waals surface area contributed by atoms with Crippen LogP contribution >= 0.6 is 0 Å². The maximum absolute atomic E-state index is 5.41. The van der Waals surface area contributed by atoms with Crippen molar-refractivity contribution >= 4 is 34.2 Å². The molecule has 36 heavy (non-hydrogen) atoms. The van der Waals surface area contributed by atoms with E-state index >= 15 is 0 Å². The third-order valence-corrected chi connectivity index (χ3v) is 6.67. The van der Waals surface area contributed by atoms with Gasteiger partial charge in [-0.15, -0.1) is 0 Å². The molecule has 0 radical (unpaired) electrons. The van der Waals surface area contributed by atoms with Gasteiger partial charge in [0.1, 0.15) is 11.3 Å². The molecule has 1 fully saturated rings. The van der Waals surface area contributed by atoms with E-state index in [1.54, 1.807) is 20.4 Å². The third-order valence-electron chi connectivity index (χ3n) is 6.67. The number of piperazine rings is 1. The number of fused-ring (bicyclic) bond motifs is 1. The fraction of sp³-hybridized carbons (Fsp3) is 0.333. The number of rotatable bonds is 8. The first-order chi connectivity index (χ1) is 17.5. The Kier molecular flexibility index (Phi) is 6.81. The summed E-state index contributed by atoms with van der Waals surface area (Å²) in [4.78, 5) is 14.1. The summed E-state index contributed by atoms with van der Waals surface area (Å²) in [7, 11) is 7.45. The zero-order chi connectivity index (χ0) is 25.1. The van der Waals surface area contributed by atoms with Crippen LogP contribution in [0.25, 0.3) is 11.0 Å². The molecule has 0 unspecified atom stereocenters. The second-order valence-electron chi connectivity index (χ2n) is 9.06. The van der Waals surface area contributed by atoms with Crippen LogP contribution in [0.5, 0.6) is 11.5 Å². The number of imidazole rings is 1. The molecule has 1 aliphatic rings. The maximum atomic E-state index is 5.41. The van der Waals surface area contributed by atoms with Gasteiger partial charge < -0.3 is 34.5 Å². The Balaban J connectivity index is 1.26. The monoisotopic (exact) mass is 487 g/mol. The summed E-state index contributed by atoms with van der Waals surface area (Å²) < 4.78 is 12.8. The number of anilines is 4. The molecule has 0 amide bonds. The summed E-state index contributed by atoms with van der Waals surface area (Å²) in [5.74, 6) is 2.97. The van der Waals surface area contributed by atoms with Gasteiger partial charge in [-0.05, 0) is 49.0 Å². The molecule has 188 valence electrons. The zero-order valence-corrected chi connectivity index (χ0v) is 21.3. The van der Waals surface area contributed by atoms with Crippen molar-refractivity contribution in [1.82, 2.24) is 19.4 Å². The van der Waals surface area contributed by atoms with Crippen molar-refractivity contribution in [3.05, 3.63) is 60.3 Å². The van der Waals surface area contributed by atoms with E-state index in [1.807, 2.05) is 35.9 Å². The molecule has 9 nitrogen and oxygen atoms in total. The number of methoxy groups -OCH3 is 2. The molecule has 2 aromatic heterocycles. The van der Waals surface area contributed by atoms with Crippen molar-refractivity contribution in [2.75, 3.05) is 63.0 Å². The van der Waals surface area contributed by atoms with E-state index in [-0.39, 0.29) is 0 Å². The second-order valence-corrected chi connectivity index (χ2v) is 9.06. The van der Waals surface area contributed by atoms with Gasteiger partial charge in [0, 0.05) is 57.2 Å². The van der Waals surface area contributed by atoms with Crippen molar-refractivity contribution in [1.29, 1.82) is 0 Å². The van der Waals surface area contributed by atoms with Gasteiger partial charge in [-0.2, -0.15) is 0 Å². The number of nitrogens with zero attached hydrogens (tertiary/aromatic N) is 5. The van der Waals surface area contributed by atoms with Gasteiger partial charge in [0.2, 0.25) is 5.95 Å². The summed E-state index contributed by atoms with van der Waals surface area (Å²) in [6.45, 7) is 4.92. The number of likely N-dealkylation sites (N-methyl/N-ethyl adjacent to an activating group) is 1. The first-order valence-corrected chi connectivity index (χ1v) is 12.1. The predicted molar refractivity (Wildman–Crippen MR) is 145 cm³/mol. The van der Waals surface area contributed by atoms with Crippen LogP contribution in [0.4, 0.5) is 23.1 Å². The molecule has 0 spiro atoms. The van der Waals surface area contributed by atoms with Crippen LogP contribution in [-0.4, -0.2) is 66.9 Å². The molecule has 0 atom stereocenters. The topological polar surface area (TPSA) is 79.7 Å². The Hall–Kier alpha value is -3.98. The predicted octanol–water partition coefficient (Wildman–Crippen LogP) is 4.09. The summed E-state index contributed by atoms with van der Waals surface area (Å²) in [5, 5.41) is 6.84. The van der Waals surface area contributed by atoms with E-state index in [4.69, 9.17) is 14.5 Å². The second kappa shape index (κ2) is 10.3. The van der Waals surface area contributed by atoms with E-state index in [0.29, 0.717) is 18.0 Å². The lowest BCUT2D eigenvalue weighted by atomic mass is 10.2. The first-order valence-electron chi connectivity index (χ1n) is 12.1. The minimum atomic E-state index is 0.607. The van der Waals surface area contributed by atoms with E-state index in [2.05, 4.69) is 56.7 Å². The number of hydrogen-bond donors (Lipinski definition) is 2. The molecule has 1 aliphatic heterocycles. The molecule has 1 saturated heterocycles. The van der Waals surface area contributed by atoms with Crippen LogP contribution in [0.1, 0.15) is 5.56 Å². The summed E-state index contributed by atoms with van der Waals surface area (Å²) in [6.07, 6.45) is 1.80. The SMILES string of the molecule is COc1ccc(CNc2nc3cnc(Nc4ccc(N5CCN(C)CC5)cc4)cc3n2C)cc1OC. The highest BCUT2D eigenvalue weighted by Crippen LogP contribution is 2.28. The van der Waals surface area contributed by atoms with Gasteiger partial charge in [-0.1, -0.05) is 6.07 Å². The number of ether oxygens (including phenoxy) is 2. The van der Waals surface area contributed by atoms with Gasteiger partial charge in [0.25, 0.3) is 0 Å². The average Bonchev–Trinajstić information content (AvgIpc) is 3.23. The normalized spacial score (nSPS) is 14.2. The first kappa shape index (κ1) is 23.7. The summed E-state index contributed by atoms with van der Waals surface area (Å²) >= 11 is 0. The van der Waals surface area contributed by atoms with Crippen LogP contribution in [-0.2, 0) is 13.6 Å². The molecule has 3 heterocycles. The Morgan fingerprint density at radius 3 is 2.36 bits per heavy atom. The summed E-state index contributed by atoms with van der Waals surface area (Å²) in [5.41, 5.74) is 5.17. The smallest absolute Gasteiger partial charge is 0.203 e. The fourth-order valence-electron chi connectivity index (χ4n) is 4.46. The lowest BCUT2D eigenvalue weighted by molar-refractivity contribution is 0.313. The van der Waals surface area contributed by atoms with Gasteiger partial charge in [-0.25, -0.2) is 9.97 Å². The quantitative estimate of drug-likeness (QED) is 0.385. The Bertz CT molecular complexity index is 1330. The molecule has 0 bridgehead atoms. The molecular formula is C27H33N7O2. The highest BCUT2D eigenvalue weighted by atomic mass is 16.5. The molecule has 4 aromatic rings. The zero-order valence-electron chi connectivity index (χ0n) is 21.3.